The topological polar surface area (TPSA) is 67.9 Å². The molecule has 2 amide bonds. The molecule has 0 bridgehead atoms. The maximum absolute atomic E-state index is 13.1. The van der Waals surface area contributed by atoms with Crippen LogP contribution < -0.4 is 14.8 Å². The summed E-state index contributed by atoms with van der Waals surface area (Å²) in [7, 11) is 4.70. The average Bonchev–Trinajstić information content (AvgIpc) is 2.73. The van der Waals surface area contributed by atoms with Crippen LogP contribution in [0.25, 0.3) is 0 Å². The van der Waals surface area contributed by atoms with Gasteiger partial charge in [0.05, 0.1) is 24.3 Å². The van der Waals surface area contributed by atoms with Crippen molar-refractivity contribution in [1.29, 1.82) is 0 Å². The molecule has 1 atom stereocenters. The Morgan fingerprint density at radius 2 is 1.60 bits per heavy atom. The Kier molecular flexibility index (Phi) is 8.38. The molecule has 0 saturated heterocycles. The van der Waals surface area contributed by atoms with Gasteiger partial charge >= 0.3 is 0 Å². The van der Waals surface area contributed by atoms with E-state index in [2.05, 4.69) is 5.32 Å². The van der Waals surface area contributed by atoms with Crippen LogP contribution in [-0.2, 0) is 11.3 Å². The van der Waals surface area contributed by atoms with Crippen molar-refractivity contribution < 1.29 is 19.1 Å². The number of rotatable bonds is 8. The lowest BCUT2D eigenvalue weighted by Gasteiger charge is -2.27. The first-order valence-electron chi connectivity index (χ1n) is 9.39. The Morgan fingerprint density at radius 1 is 1.00 bits per heavy atom. The smallest absolute Gasteiger partial charge is 0.252 e. The molecule has 1 N–H and O–H groups in total. The van der Waals surface area contributed by atoms with E-state index in [9.17, 15) is 9.59 Å². The summed E-state index contributed by atoms with van der Waals surface area (Å²) >= 11 is 12.0. The number of carbonyl (C=O) groups is 2. The number of carbonyl (C=O) groups excluding carboxylic acids is 2. The van der Waals surface area contributed by atoms with Crippen LogP contribution in [0.4, 0.5) is 0 Å². The van der Waals surface area contributed by atoms with E-state index in [1.165, 1.54) is 14.2 Å². The summed E-state index contributed by atoms with van der Waals surface area (Å²) in [5.74, 6) is 0.263. The van der Waals surface area contributed by atoms with Crippen LogP contribution in [0.1, 0.15) is 29.8 Å². The Morgan fingerprint density at radius 3 is 2.10 bits per heavy atom. The summed E-state index contributed by atoms with van der Waals surface area (Å²) in [4.78, 5) is 27.4. The zero-order valence-electron chi connectivity index (χ0n) is 17.7. The molecule has 0 aliphatic rings. The van der Waals surface area contributed by atoms with E-state index in [0.717, 1.165) is 5.56 Å². The van der Waals surface area contributed by atoms with E-state index < -0.39 is 6.04 Å². The number of amides is 2. The molecule has 6 nitrogen and oxygen atoms in total. The molecule has 2 aromatic rings. The Hall–Kier alpha value is -2.44. The normalized spacial score (nSPS) is 11.7. The summed E-state index contributed by atoms with van der Waals surface area (Å²) in [6.45, 7) is 4.09. The van der Waals surface area contributed by atoms with Crippen LogP contribution in [0.15, 0.2) is 36.4 Å². The van der Waals surface area contributed by atoms with Gasteiger partial charge in [-0.2, -0.15) is 0 Å². The highest BCUT2D eigenvalue weighted by molar-refractivity contribution is 6.42. The predicted molar refractivity (Wildman–Crippen MR) is 119 cm³/mol. The number of hydrogen-bond donors (Lipinski definition) is 1. The van der Waals surface area contributed by atoms with Gasteiger partial charge in [0.1, 0.15) is 17.5 Å². The second-order valence-corrected chi connectivity index (χ2v) is 8.05. The van der Waals surface area contributed by atoms with Gasteiger partial charge in [0.15, 0.2) is 0 Å². The number of benzene rings is 2. The molecule has 8 heteroatoms. The summed E-state index contributed by atoms with van der Waals surface area (Å²) < 4.78 is 10.4. The van der Waals surface area contributed by atoms with Crippen LogP contribution in [-0.4, -0.2) is 44.0 Å². The number of nitrogens with one attached hydrogen (secondary N) is 1. The maximum atomic E-state index is 13.1. The average molecular weight is 453 g/mol. The van der Waals surface area contributed by atoms with E-state index in [1.54, 1.807) is 42.3 Å². The minimum absolute atomic E-state index is 0.120. The van der Waals surface area contributed by atoms with Crippen molar-refractivity contribution in [3.8, 4) is 11.5 Å². The Labute approximate surface area is 187 Å². The third-order valence-electron chi connectivity index (χ3n) is 4.61. The lowest BCUT2D eigenvalue weighted by Crippen LogP contribution is -2.50. The van der Waals surface area contributed by atoms with E-state index in [4.69, 9.17) is 32.7 Å². The second kappa shape index (κ2) is 10.5. The highest BCUT2D eigenvalue weighted by Gasteiger charge is 2.28. The lowest BCUT2D eigenvalue weighted by atomic mass is 10.0. The largest absolute Gasteiger partial charge is 0.497 e. The maximum Gasteiger partial charge on any atom is 0.252 e. The van der Waals surface area contributed by atoms with Crippen LogP contribution in [0.3, 0.4) is 0 Å². The molecule has 0 radical (unpaired) electrons. The first-order valence-corrected chi connectivity index (χ1v) is 10.1. The van der Waals surface area contributed by atoms with E-state index in [0.29, 0.717) is 33.7 Å². The highest BCUT2D eigenvalue weighted by atomic mass is 35.5. The fourth-order valence-electron chi connectivity index (χ4n) is 2.90. The summed E-state index contributed by atoms with van der Waals surface area (Å²) in [5, 5.41) is 3.71. The Bertz CT molecular complexity index is 896. The third kappa shape index (κ3) is 6.03. The summed E-state index contributed by atoms with van der Waals surface area (Å²) in [6.07, 6.45) is 0. The molecule has 162 valence electrons. The molecule has 1 unspecified atom stereocenters. The van der Waals surface area contributed by atoms with E-state index in [1.807, 2.05) is 19.9 Å². The van der Waals surface area contributed by atoms with Crippen LogP contribution in [0, 0.1) is 5.92 Å². The first kappa shape index (κ1) is 23.8. The molecule has 0 aromatic heterocycles. The minimum atomic E-state index is -0.706. The fraction of sp³-hybridized carbons (Fsp3) is 0.364. The molecule has 0 heterocycles. The number of likely N-dealkylation sites (N-methyl/N-ethyl adjacent to an activating group) is 1. The number of halogens is 2. The van der Waals surface area contributed by atoms with Crippen molar-refractivity contribution in [2.75, 3.05) is 21.3 Å². The number of methoxy groups -OCH3 is 2. The molecule has 0 fully saturated rings. The third-order valence-corrected chi connectivity index (χ3v) is 5.35. The quantitative estimate of drug-likeness (QED) is 0.643. The van der Waals surface area contributed by atoms with E-state index in [-0.39, 0.29) is 17.7 Å². The van der Waals surface area contributed by atoms with Gasteiger partial charge in [0, 0.05) is 25.2 Å². The number of hydrogen-bond acceptors (Lipinski definition) is 4. The predicted octanol–water partition coefficient (Wildman–Crippen LogP) is 4.42. The zero-order valence-corrected chi connectivity index (χ0v) is 19.2. The molecule has 0 aliphatic carbocycles. The summed E-state index contributed by atoms with van der Waals surface area (Å²) in [6, 6.07) is 9.38. The summed E-state index contributed by atoms with van der Waals surface area (Å²) in [5.41, 5.74) is 1.18. The number of nitrogens with zero attached hydrogens (tertiary/aromatic N) is 1. The van der Waals surface area contributed by atoms with E-state index >= 15 is 0 Å². The molecular weight excluding hydrogens is 427 g/mol. The van der Waals surface area contributed by atoms with Gasteiger partial charge in [-0.15, -0.1) is 0 Å². The molecule has 30 heavy (non-hydrogen) atoms. The van der Waals surface area contributed by atoms with Gasteiger partial charge in [-0.25, -0.2) is 0 Å². The minimum Gasteiger partial charge on any atom is -0.497 e. The standard InChI is InChI=1S/C22H26Cl2N2O4/c1-13(2)20(22(28)26(3)12-14-6-7-18(23)19(24)8-14)25-21(27)15-9-16(29-4)11-17(10-15)30-5/h6-11,13,20H,12H2,1-5H3,(H,25,27). The zero-order chi connectivity index (χ0) is 22.4. The van der Waals surface area contributed by atoms with Crippen molar-refractivity contribution in [2.24, 2.45) is 5.92 Å². The fourth-order valence-corrected chi connectivity index (χ4v) is 3.22. The molecule has 0 saturated carbocycles. The molecule has 2 rings (SSSR count). The second-order valence-electron chi connectivity index (χ2n) is 7.24. The van der Waals surface area contributed by atoms with Gasteiger partial charge < -0.3 is 19.7 Å². The Balaban J connectivity index is 2.17. The van der Waals surface area contributed by atoms with Gasteiger partial charge in [-0.3, -0.25) is 9.59 Å². The molecule has 2 aromatic carbocycles. The highest BCUT2D eigenvalue weighted by Crippen LogP contribution is 2.24. The van der Waals surface area contributed by atoms with Gasteiger partial charge in [0.25, 0.3) is 5.91 Å². The van der Waals surface area contributed by atoms with Crippen molar-refractivity contribution in [2.45, 2.75) is 26.4 Å². The van der Waals surface area contributed by atoms with Gasteiger partial charge in [-0.1, -0.05) is 43.1 Å². The van der Waals surface area contributed by atoms with Crippen LogP contribution in [0.5, 0.6) is 11.5 Å². The lowest BCUT2D eigenvalue weighted by molar-refractivity contribution is -0.133. The number of ether oxygens (including phenoxy) is 2. The molecule has 0 aliphatic heterocycles. The van der Waals surface area contributed by atoms with Crippen molar-refractivity contribution in [3.63, 3.8) is 0 Å². The SMILES string of the molecule is COc1cc(OC)cc(C(=O)NC(C(=O)N(C)Cc2ccc(Cl)c(Cl)c2)C(C)C)c1. The van der Waals surface area contributed by atoms with Crippen LogP contribution >= 0.6 is 23.2 Å². The molecule has 0 spiro atoms. The molecular formula is C22H26Cl2N2O4. The van der Waals surface area contributed by atoms with Crippen molar-refractivity contribution in [3.05, 3.63) is 57.6 Å². The van der Waals surface area contributed by atoms with Gasteiger partial charge in [0.2, 0.25) is 5.91 Å². The van der Waals surface area contributed by atoms with Crippen molar-refractivity contribution in [1.82, 2.24) is 10.2 Å². The van der Waals surface area contributed by atoms with Crippen molar-refractivity contribution >= 4 is 35.0 Å². The first-order chi connectivity index (χ1) is 14.2. The van der Waals surface area contributed by atoms with Crippen LogP contribution in [0.2, 0.25) is 10.0 Å². The monoisotopic (exact) mass is 452 g/mol. The van der Waals surface area contributed by atoms with Gasteiger partial charge in [-0.05, 0) is 35.7 Å².